The molecule has 0 aliphatic rings. The second kappa shape index (κ2) is 9.49. The standard InChI is InChI=1S/C16H29NOS/c1-4-5-6-7-8-9-10-11-15(18)12-16-17-13(2)14(3)19-16/h15,18H,4-12H2,1-3H3. The first-order valence-corrected chi connectivity index (χ1v) is 8.56. The molecule has 2 nitrogen and oxygen atoms in total. The van der Waals surface area contributed by atoms with Crippen molar-refractivity contribution < 1.29 is 5.11 Å². The first kappa shape index (κ1) is 16.6. The van der Waals surface area contributed by atoms with E-state index in [-0.39, 0.29) is 6.10 Å². The van der Waals surface area contributed by atoms with E-state index in [1.54, 1.807) is 11.3 Å². The van der Waals surface area contributed by atoms with Crippen LogP contribution in [0.5, 0.6) is 0 Å². The molecule has 0 saturated carbocycles. The summed E-state index contributed by atoms with van der Waals surface area (Å²) >= 11 is 1.72. The molecule has 0 aromatic carbocycles. The van der Waals surface area contributed by atoms with E-state index in [9.17, 15) is 5.11 Å². The molecule has 0 saturated heterocycles. The highest BCUT2D eigenvalue weighted by molar-refractivity contribution is 7.11. The summed E-state index contributed by atoms with van der Waals surface area (Å²) in [4.78, 5) is 5.76. The molecule has 0 aliphatic carbocycles. The van der Waals surface area contributed by atoms with Crippen LogP contribution in [-0.4, -0.2) is 16.2 Å². The van der Waals surface area contributed by atoms with Gasteiger partial charge >= 0.3 is 0 Å². The van der Waals surface area contributed by atoms with Crippen LogP contribution in [-0.2, 0) is 6.42 Å². The fraction of sp³-hybridized carbons (Fsp3) is 0.812. The molecule has 0 aliphatic heterocycles. The van der Waals surface area contributed by atoms with Crippen LogP contribution in [0.25, 0.3) is 0 Å². The number of hydrogen-bond acceptors (Lipinski definition) is 3. The molecule has 1 N–H and O–H groups in total. The number of nitrogens with zero attached hydrogens (tertiary/aromatic N) is 1. The molecule has 1 unspecified atom stereocenters. The molecule has 0 amide bonds. The number of hydrogen-bond donors (Lipinski definition) is 1. The number of aliphatic hydroxyl groups excluding tert-OH is 1. The van der Waals surface area contributed by atoms with Crippen molar-refractivity contribution in [2.24, 2.45) is 0 Å². The topological polar surface area (TPSA) is 33.1 Å². The summed E-state index contributed by atoms with van der Waals surface area (Å²) < 4.78 is 0. The van der Waals surface area contributed by atoms with E-state index in [4.69, 9.17) is 0 Å². The van der Waals surface area contributed by atoms with Crippen LogP contribution in [0.2, 0.25) is 0 Å². The quantitative estimate of drug-likeness (QED) is 0.625. The van der Waals surface area contributed by atoms with Gasteiger partial charge in [0, 0.05) is 11.3 Å². The molecular formula is C16H29NOS. The Morgan fingerprint density at radius 3 is 2.26 bits per heavy atom. The maximum Gasteiger partial charge on any atom is 0.0956 e. The van der Waals surface area contributed by atoms with E-state index in [1.165, 1.54) is 43.4 Å². The van der Waals surface area contributed by atoms with E-state index < -0.39 is 0 Å². The predicted molar refractivity (Wildman–Crippen MR) is 83.9 cm³/mol. The molecular weight excluding hydrogens is 254 g/mol. The van der Waals surface area contributed by atoms with Crippen molar-refractivity contribution in [3.8, 4) is 0 Å². The summed E-state index contributed by atoms with van der Waals surface area (Å²) in [6.45, 7) is 6.38. The molecule has 0 spiro atoms. The van der Waals surface area contributed by atoms with Gasteiger partial charge in [-0.15, -0.1) is 11.3 Å². The smallest absolute Gasteiger partial charge is 0.0956 e. The van der Waals surface area contributed by atoms with Crippen molar-refractivity contribution in [1.29, 1.82) is 0 Å². The minimum Gasteiger partial charge on any atom is -0.393 e. The van der Waals surface area contributed by atoms with Gasteiger partial charge in [0.05, 0.1) is 16.8 Å². The number of aromatic nitrogens is 1. The molecule has 0 bridgehead atoms. The second-order valence-corrected chi connectivity index (χ2v) is 6.80. The number of rotatable bonds is 10. The zero-order valence-electron chi connectivity index (χ0n) is 12.7. The van der Waals surface area contributed by atoms with E-state index in [2.05, 4.69) is 18.8 Å². The van der Waals surface area contributed by atoms with Crippen molar-refractivity contribution in [3.63, 3.8) is 0 Å². The third-order valence-corrected chi connectivity index (χ3v) is 4.72. The van der Waals surface area contributed by atoms with Crippen molar-refractivity contribution in [3.05, 3.63) is 15.6 Å². The average molecular weight is 283 g/mol. The lowest BCUT2D eigenvalue weighted by molar-refractivity contribution is 0.160. The average Bonchev–Trinajstić information content (AvgIpc) is 2.67. The summed E-state index contributed by atoms with van der Waals surface area (Å²) in [5, 5.41) is 11.1. The van der Waals surface area contributed by atoms with Crippen LogP contribution in [0.1, 0.15) is 73.9 Å². The first-order valence-electron chi connectivity index (χ1n) is 7.74. The Morgan fingerprint density at radius 1 is 1.05 bits per heavy atom. The third kappa shape index (κ3) is 7.07. The van der Waals surface area contributed by atoms with Gasteiger partial charge in [0.2, 0.25) is 0 Å². The Kier molecular flexibility index (Phi) is 8.31. The molecule has 19 heavy (non-hydrogen) atoms. The number of aryl methyl sites for hydroxylation is 2. The largest absolute Gasteiger partial charge is 0.393 e. The van der Waals surface area contributed by atoms with Gasteiger partial charge in [-0.2, -0.15) is 0 Å². The lowest BCUT2D eigenvalue weighted by Crippen LogP contribution is -2.10. The number of aliphatic hydroxyl groups is 1. The minimum absolute atomic E-state index is 0.208. The Balaban J connectivity index is 2.06. The van der Waals surface area contributed by atoms with Gasteiger partial charge in [0.1, 0.15) is 0 Å². The highest BCUT2D eigenvalue weighted by Crippen LogP contribution is 2.19. The maximum atomic E-state index is 10.0. The SMILES string of the molecule is CCCCCCCCCC(O)Cc1nc(C)c(C)s1. The zero-order valence-corrected chi connectivity index (χ0v) is 13.6. The van der Waals surface area contributed by atoms with E-state index in [0.717, 1.165) is 30.0 Å². The van der Waals surface area contributed by atoms with Crippen LogP contribution >= 0.6 is 11.3 Å². The highest BCUT2D eigenvalue weighted by atomic mass is 32.1. The Bertz CT molecular complexity index is 329. The monoisotopic (exact) mass is 283 g/mol. The van der Waals surface area contributed by atoms with Crippen LogP contribution in [0.4, 0.5) is 0 Å². The first-order chi connectivity index (χ1) is 9.13. The lowest BCUT2D eigenvalue weighted by Gasteiger charge is -2.08. The van der Waals surface area contributed by atoms with Gasteiger partial charge in [0.25, 0.3) is 0 Å². The molecule has 1 aromatic heterocycles. The van der Waals surface area contributed by atoms with Crippen LogP contribution in [0.3, 0.4) is 0 Å². The van der Waals surface area contributed by atoms with Gasteiger partial charge in [-0.3, -0.25) is 0 Å². The van der Waals surface area contributed by atoms with Crippen LogP contribution < -0.4 is 0 Å². The van der Waals surface area contributed by atoms with Gasteiger partial charge in [-0.1, -0.05) is 51.9 Å². The summed E-state index contributed by atoms with van der Waals surface area (Å²) in [5.74, 6) is 0. The summed E-state index contributed by atoms with van der Waals surface area (Å²) in [5.41, 5.74) is 1.11. The van der Waals surface area contributed by atoms with Crippen molar-refractivity contribution in [1.82, 2.24) is 4.98 Å². The summed E-state index contributed by atoms with van der Waals surface area (Å²) in [6.07, 6.45) is 10.6. The molecule has 1 aromatic rings. The summed E-state index contributed by atoms with van der Waals surface area (Å²) in [6, 6.07) is 0. The number of thiazole rings is 1. The van der Waals surface area contributed by atoms with Gasteiger partial charge in [-0.05, 0) is 20.3 Å². The van der Waals surface area contributed by atoms with Gasteiger partial charge in [0.15, 0.2) is 0 Å². The van der Waals surface area contributed by atoms with Crippen LogP contribution in [0.15, 0.2) is 0 Å². The van der Waals surface area contributed by atoms with Crippen molar-refractivity contribution >= 4 is 11.3 Å². The molecule has 0 fully saturated rings. The normalized spacial score (nSPS) is 12.8. The molecule has 110 valence electrons. The predicted octanol–water partition coefficient (Wildman–Crippen LogP) is 4.80. The molecule has 1 heterocycles. The minimum atomic E-state index is -0.208. The second-order valence-electron chi connectivity index (χ2n) is 5.52. The Hall–Kier alpha value is -0.410. The molecule has 3 heteroatoms. The zero-order chi connectivity index (χ0) is 14.1. The highest BCUT2D eigenvalue weighted by Gasteiger charge is 2.10. The van der Waals surface area contributed by atoms with E-state index in [1.807, 2.05) is 6.92 Å². The Morgan fingerprint density at radius 2 is 1.68 bits per heavy atom. The van der Waals surface area contributed by atoms with Crippen LogP contribution in [0, 0.1) is 13.8 Å². The molecule has 1 rings (SSSR count). The van der Waals surface area contributed by atoms with Gasteiger partial charge < -0.3 is 5.11 Å². The van der Waals surface area contributed by atoms with Gasteiger partial charge in [-0.25, -0.2) is 4.98 Å². The lowest BCUT2D eigenvalue weighted by atomic mass is 10.1. The van der Waals surface area contributed by atoms with Crippen molar-refractivity contribution in [2.75, 3.05) is 0 Å². The Labute approximate surface area is 122 Å². The number of unbranched alkanes of at least 4 members (excludes halogenated alkanes) is 6. The van der Waals surface area contributed by atoms with E-state index >= 15 is 0 Å². The fourth-order valence-corrected chi connectivity index (χ4v) is 3.27. The summed E-state index contributed by atoms with van der Waals surface area (Å²) in [7, 11) is 0. The maximum absolute atomic E-state index is 10.0. The molecule has 1 atom stereocenters. The third-order valence-electron chi connectivity index (χ3n) is 3.62. The molecule has 0 radical (unpaired) electrons. The van der Waals surface area contributed by atoms with Crippen molar-refractivity contribution in [2.45, 2.75) is 84.7 Å². The van der Waals surface area contributed by atoms with E-state index in [0.29, 0.717) is 0 Å². The fourth-order valence-electron chi connectivity index (χ4n) is 2.27.